The number of anilines is 1. The zero-order chi connectivity index (χ0) is 15.4. The molecule has 0 amide bonds. The monoisotopic (exact) mass is 354 g/mol. The number of nitrogens with one attached hydrogen (secondary N) is 1. The van der Waals surface area contributed by atoms with E-state index in [4.69, 9.17) is 0 Å². The highest BCUT2D eigenvalue weighted by molar-refractivity contribution is 9.10. The van der Waals surface area contributed by atoms with Crippen molar-refractivity contribution in [2.24, 2.45) is 5.92 Å². The van der Waals surface area contributed by atoms with Gasteiger partial charge in [0.15, 0.2) is 0 Å². The van der Waals surface area contributed by atoms with Crippen LogP contribution < -0.4 is 10.2 Å². The molecule has 1 aliphatic carbocycles. The number of aliphatic hydroxyl groups is 1. The second-order valence-corrected chi connectivity index (χ2v) is 7.17. The van der Waals surface area contributed by atoms with Crippen LogP contribution in [0.5, 0.6) is 0 Å². The average molecular weight is 355 g/mol. The van der Waals surface area contributed by atoms with Gasteiger partial charge < -0.3 is 15.3 Å². The number of hydrogen-bond donors (Lipinski definition) is 2. The molecule has 0 saturated heterocycles. The minimum absolute atomic E-state index is 0.0736. The molecule has 0 radical (unpaired) electrons. The van der Waals surface area contributed by atoms with Crippen LogP contribution in [0.1, 0.15) is 44.7 Å². The van der Waals surface area contributed by atoms with Crippen LogP contribution in [-0.2, 0) is 0 Å². The first-order valence-electron chi connectivity index (χ1n) is 7.93. The molecule has 0 aliphatic heterocycles. The second kappa shape index (κ2) is 7.61. The normalized spacial score (nSPS) is 22.7. The van der Waals surface area contributed by atoms with Crippen molar-refractivity contribution in [3.05, 3.63) is 28.2 Å². The molecule has 2 N–H and O–H groups in total. The number of hydrogen-bond acceptors (Lipinski definition) is 3. The maximum absolute atomic E-state index is 9.45. The summed E-state index contributed by atoms with van der Waals surface area (Å²) in [6.45, 7) is 6.47. The van der Waals surface area contributed by atoms with E-state index >= 15 is 0 Å². The Morgan fingerprint density at radius 3 is 2.76 bits per heavy atom. The Labute approximate surface area is 136 Å². The Hall–Kier alpha value is -0.580. The summed E-state index contributed by atoms with van der Waals surface area (Å²) in [7, 11) is 2.16. The lowest BCUT2D eigenvalue weighted by atomic mass is 9.82. The van der Waals surface area contributed by atoms with E-state index < -0.39 is 0 Å². The van der Waals surface area contributed by atoms with Gasteiger partial charge in [0.25, 0.3) is 0 Å². The van der Waals surface area contributed by atoms with E-state index in [2.05, 4.69) is 65.2 Å². The lowest BCUT2D eigenvalue weighted by Crippen LogP contribution is -2.37. The van der Waals surface area contributed by atoms with E-state index in [1.807, 2.05) is 0 Å². The molecule has 1 aromatic carbocycles. The molecular formula is C17H27BrN2O. The smallest absolute Gasteiger partial charge is 0.0546 e. The van der Waals surface area contributed by atoms with Gasteiger partial charge in [-0.15, -0.1) is 0 Å². The molecule has 0 bridgehead atoms. The second-order valence-electron chi connectivity index (χ2n) is 6.25. The molecule has 2 rings (SSSR count). The maximum atomic E-state index is 9.45. The van der Waals surface area contributed by atoms with Gasteiger partial charge in [0.05, 0.1) is 6.10 Å². The summed E-state index contributed by atoms with van der Waals surface area (Å²) in [6.07, 6.45) is 2.95. The fourth-order valence-electron chi connectivity index (χ4n) is 3.02. The van der Waals surface area contributed by atoms with Crippen molar-refractivity contribution in [1.82, 2.24) is 5.32 Å². The molecule has 1 fully saturated rings. The highest BCUT2D eigenvalue weighted by Crippen LogP contribution is 2.33. The molecule has 1 unspecified atom stereocenters. The molecule has 0 spiro atoms. The van der Waals surface area contributed by atoms with Crippen molar-refractivity contribution < 1.29 is 5.11 Å². The van der Waals surface area contributed by atoms with E-state index in [9.17, 15) is 5.11 Å². The van der Waals surface area contributed by atoms with Crippen LogP contribution in [0.4, 0.5) is 5.69 Å². The molecule has 1 atom stereocenters. The minimum atomic E-state index is -0.0736. The number of benzene rings is 1. The van der Waals surface area contributed by atoms with Gasteiger partial charge in [-0.3, -0.25) is 0 Å². The summed E-state index contributed by atoms with van der Waals surface area (Å²) < 4.78 is 1.12. The molecule has 0 heterocycles. The highest BCUT2D eigenvalue weighted by atomic mass is 79.9. The van der Waals surface area contributed by atoms with Crippen LogP contribution >= 0.6 is 15.9 Å². The highest BCUT2D eigenvalue weighted by Gasteiger charge is 2.28. The van der Waals surface area contributed by atoms with Gasteiger partial charge in [0.2, 0.25) is 0 Å². The van der Waals surface area contributed by atoms with Gasteiger partial charge in [-0.2, -0.15) is 0 Å². The fraction of sp³-hybridized carbons (Fsp3) is 0.647. The summed E-state index contributed by atoms with van der Waals surface area (Å²) in [5.41, 5.74) is 2.62. The van der Waals surface area contributed by atoms with E-state index in [1.54, 1.807) is 0 Å². The van der Waals surface area contributed by atoms with Gasteiger partial charge >= 0.3 is 0 Å². The number of aliphatic hydroxyl groups excluding tert-OH is 1. The Morgan fingerprint density at radius 1 is 1.43 bits per heavy atom. The number of rotatable bonds is 7. The average Bonchev–Trinajstić information content (AvgIpc) is 2.42. The van der Waals surface area contributed by atoms with E-state index in [-0.39, 0.29) is 6.10 Å². The van der Waals surface area contributed by atoms with E-state index in [0.717, 1.165) is 36.8 Å². The van der Waals surface area contributed by atoms with E-state index in [1.165, 1.54) is 11.3 Å². The lowest BCUT2D eigenvalue weighted by Gasteiger charge is -2.36. The quantitative estimate of drug-likeness (QED) is 0.783. The first kappa shape index (κ1) is 16.8. The van der Waals surface area contributed by atoms with Gasteiger partial charge in [-0.1, -0.05) is 28.9 Å². The predicted octanol–water partition coefficient (Wildman–Crippen LogP) is 3.72. The van der Waals surface area contributed by atoms with Gasteiger partial charge in [0, 0.05) is 29.8 Å². The summed E-state index contributed by atoms with van der Waals surface area (Å²) in [6, 6.07) is 6.87. The third kappa shape index (κ3) is 4.44. The van der Waals surface area contributed by atoms with Crippen LogP contribution in [0, 0.1) is 5.92 Å². The Bertz CT molecular complexity index is 460. The predicted molar refractivity (Wildman–Crippen MR) is 92.9 cm³/mol. The zero-order valence-corrected chi connectivity index (χ0v) is 14.9. The first-order valence-corrected chi connectivity index (χ1v) is 8.72. The van der Waals surface area contributed by atoms with Crippen LogP contribution in [0.25, 0.3) is 0 Å². The van der Waals surface area contributed by atoms with Gasteiger partial charge in [-0.25, -0.2) is 0 Å². The van der Waals surface area contributed by atoms with Crippen molar-refractivity contribution in [2.45, 2.75) is 45.3 Å². The van der Waals surface area contributed by atoms with Gasteiger partial charge in [-0.05, 0) is 56.3 Å². The first-order chi connectivity index (χ1) is 10.0. The number of nitrogens with zero attached hydrogens (tertiary/aromatic N) is 1. The molecule has 4 heteroatoms. The molecule has 1 saturated carbocycles. The topological polar surface area (TPSA) is 35.5 Å². The standard InChI is InChI=1S/C17H27BrN2O/c1-4-7-19-12(2)16-6-5-14(18)10-17(16)20(3)11-13-8-15(21)9-13/h5-6,10,12-13,15,19,21H,4,7-9,11H2,1-3H3. The minimum Gasteiger partial charge on any atom is -0.393 e. The van der Waals surface area contributed by atoms with Crippen LogP contribution in [0.15, 0.2) is 22.7 Å². The fourth-order valence-corrected chi connectivity index (χ4v) is 3.37. The molecular weight excluding hydrogens is 328 g/mol. The number of halogens is 1. The van der Waals surface area contributed by atoms with Crippen molar-refractivity contribution in [3.63, 3.8) is 0 Å². The summed E-state index contributed by atoms with van der Waals surface area (Å²) in [5.74, 6) is 0.621. The van der Waals surface area contributed by atoms with Crippen molar-refractivity contribution in [2.75, 3.05) is 25.0 Å². The maximum Gasteiger partial charge on any atom is 0.0546 e. The Kier molecular flexibility index (Phi) is 6.08. The van der Waals surface area contributed by atoms with Crippen LogP contribution in [0.2, 0.25) is 0 Å². The SMILES string of the molecule is CCCNC(C)c1ccc(Br)cc1N(C)CC1CC(O)C1. The van der Waals surface area contributed by atoms with Crippen molar-refractivity contribution in [1.29, 1.82) is 0 Å². The summed E-state index contributed by atoms with van der Waals surface area (Å²) in [5, 5.41) is 13.0. The molecule has 1 aliphatic rings. The molecule has 3 nitrogen and oxygen atoms in total. The Balaban J connectivity index is 2.10. The van der Waals surface area contributed by atoms with Crippen LogP contribution in [0.3, 0.4) is 0 Å². The van der Waals surface area contributed by atoms with Crippen molar-refractivity contribution >= 4 is 21.6 Å². The summed E-state index contributed by atoms with van der Waals surface area (Å²) >= 11 is 3.59. The Morgan fingerprint density at radius 2 is 2.14 bits per heavy atom. The van der Waals surface area contributed by atoms with E-state index in [0.29, 0.717) is 12.0 Å². The largest absolute Gasteiger partial charge is 0.393 e. The molecule has 118 valence electrons. The third-order valence-corrected chi connectivity index (χ3v) is 4.81. The van der Waals surface area contributed by atoms with Crippen molar-refractivity contribution in [3.8, 4) is 0 Å². The molecule has 1 aromatic rings. The van der Waals surface area contributed by atoms with Gasteiger partial charge in [0.1, 0.15) is 0 Å². The molecule has 0 aromatic heterocycles. The summed E-state index contributed by atoms with van der Waals surface area (Å²) in [4.78, 5) is 2.33. The third-order valence-electron chi connectivity index (χ3n) is 4.31. The zero-order valence-electron chi connectivity index (χ0n) is 13.3. The van der Waals surface area contributed by atoms with Crippen LogP contribution in [-0.4, -0.2) is 31.3 Å². The lowest BCUT2D eigenvalue weighted by molar-refractivity contribution is 0.0464. The molecule has 21 heavy (non-hydrogen) atoms.